The van der Waals surface area contributed by atoms with E-state index >= 15 is 0 Å². The normalized spacial score (nSPS) is 10.4. The molecule has 3 nitrogen and oxygen atoms in total. The van der Waals surface area contributed by atoms with Crippen LogP contribution in [0.2, 0.25) is 0 Å². The number of hydrogen-bond acceptors (Lipinski definition) is 3. The van der Waals surface area contributed by atoms with Crippen LogP contribution in [0.1, 0.15) is 6.42 Å². The molecule has 0 heterocycles. The van der Waals surface area contributed by atoms with E-state index in [4.69, 9.17) is 0 Å². The molecule has 0 unspecified atom stereocenters. The Balaban J connectivity index is 2.29. The molecule has 1 amide bonds. The number of rotatable bonds is 7. The number of benzene rings is 1. The quantitative estimate of drug-likeness (QED) is 0.769. The number of likely N-dealkylation sites (N-methyl/N-ethyl adjacent to an activating group) is 2. The summed E-state index contributed by atoms with van der Waals surface area (Å²) in [5.41, 5.74) is 0. The number of carbonyl (C=O) groups excluding carboxylic acids is 1. The lowest BCUT2D eigenvalue weighted by Crippen LogP contribution is -2.32. The monoisotopic (exact) mass is 270 g/mol. The molecule has 0 aromatic heterocycles. The molecular weight excluding hydrogens is 251 g/mol. The molecule has 1 rings (SSSR count). The molecule has 18 heavy (non-hydrogen) atoms. The molecule has 0 aliphatic carbocycles. The van der Waals surface area contributed by atoms with Crippen LogP contribution in [0.4, 0.5) is 4.39 Å². The third-order valence-electron chi connectivity index (χ3n) is 2.53. The second-order valence-corrected chi connectivity index (χ2v) is 5.08. The molecule has 1 aromatic carbocycles. The van der Waals surface area contributed by atoms with Gasteiger partial charge in [0, 0.05) is 37.2 Å². The minimum absolute atomic E-state index is 0.0917. The summed E-state index contributed by atoms with van der Waals surface area (Å²) in [6, 6.07) is 6.63. The van der Waals surface area contributed by atoms with Crippen LogP contribution >= 0.6 is 11.8 Å². The van der Waals surface area contributed by atoms with Crippen molar-refractivity contribution in [2.45, 2.75) is 11.3 Å². The zero-order valence-electron chi connectivity index (χ0n) is 10.8. The number of hydrogen-bond donors (Lipinski definition) is 1. The fourth-order valence-corrected chi connectivity index (χ4v) is 2.28. The van der Waals surface area contributed by atoms with E-state index < -0.39 is 0 Å². The van der Waals surface area contributed by atoms with E-state index in [1.54, 1.807) is 30.1 Å². The van der Waals surface area contributed by atoms with Crippen LogP contribution in [0.25, 0.3) is 0 Å². The molecule has 0 spiro atoms. The summed E-state index contributed by atoms with van der Waals surface area (Å²) >= 11 is 1.38. The highest BCUT2D eigenvalue weighted by Gasteiger charge is 2.08. The molecule has 0 bridgehead atoms. The van der Waals surface area contributed by atoms with Crippen LogP contribution in [0.3, 0.4) is 0 Å². The molecule has 0 fully saturated rings. The van der Waals surface area contributed by atoms with Crippen LogP contribution in [-0.4, -0.2) is 43.7 Å². The summed E-state index contributed by atoms with van der Waals surface area (Å²) in [7, 11) is 3.64. The summed E-state index contributed by atoms with van der Waals surface area (Å²) < 4.78 is 13.3. The van der Waals surface area contributed by atoms with Gasteiger partial charge >= 0.3 is 0 Å². The molecule has 1 aromatic rings. The molecule has 5 heteroatoms. The second kappa shape index (κ2) is 8.11. The molecule has 100 valence electrons. The first-order chi connectivity index (χ1) is 8.65. The number of thioether (sulfide) groups is 1. The van der Waals surface area contributed by atoms with Gasteiger partial charge in [-0.05, 0) is 19.2 Å². The summed E-state index contributed by atoms with van der Waals surface area (Å²) in [6.07, 6.45) is 0.430. The predicted octanol–water partition coefficient (Wildman–Crippen LogP) is 1.99. The van der Waals surface area contributed by atoms with E-state index in [1.165, 1.54) is 17.8 Å². The molecular formula is C13H19FN2OS. The van der Waals surface area contributed by atoms with Gasteiger partial charge < -0.3 is 10.2 Å². The topological polar surface area (TPSA) is 32.3 Å². The SMILES string of the molecule is CNCCN(C)C(=O)CCSc1ccccc1F. The zero-order valence-corrected chi connectivity index (χ0v) is 11.6. The Morgan fingerprint density at radius 2 is 2.17 bits per heavy atom. The highest BCUT2D eigenvalue weighted by Crippen LogP contribution is 2.21. The first-order valence-electron chi connectivity index (χ1n) is 5.91. The van der Waals surface area contributed by atoms with Gasteiger partial charge in [0.15, 0.2) is 0 Å². The van der Waals surface area contributed by atoms with E-state index in [2.05, 4.69) is 5.32 Å². The molecule has 0 saturated carbocycles. The Labute approximate surface area is 112 Å². The zero-order chi connectivity index (χ0) is 13.4. The van der Waals surface area contributed by atoms with E-state index in [-0.39, 0.29) is 11.7 Å². The number of halogens is 1. The first kappa shape index (κ1) is 15.0. The van der Waals surface area contributed by atoms with Gasteiger partial charge in [0.2, 0.25) is 5.91 Å². The van der Waals surface area contributed by atoms with Crippen molar-refractivity contribution in [3.63, 3.8) is 0 Å². The maximum absolute atomic E-state index is 13.3. The average molecular weight is 270 g/mol. The molecule has 1 N–H and O–H groups in total. The van der Waals surface area contributed by atoms with Crippen LogP contribution in [0.15, 0.2) is 29.2 Å². The minimum Gasteiger partial charge on any atom is -0.344 e. The standard InChI is InChI=1S/C13H19FN2OS/c1-15-8-9-16(2)13(17)7-10-18-12-6-4-3-5-11(12)14/h3-6,15H,7-10H2,1-2H3. The number of carbonyl (C=O) groups is 1. The number of amides is 1. The van der Waals surface area contributed by atoms with Crippen molar-refractivity contribution in [2.24, 2.45) is 0 Å². The van der Waals surface area contributed by atoms with Crippen LogP contribution in [-0.2, 0) is 4.79 Å². The molecule has 0 saturated heterocycles. The Bertz CT molecular complexity index is 387. The summed E-state index contributed by atoms with van der Waals surface area (Å²) in [5, 5.41) is 2.99. The lowest BCUT2D eigenvalue weighted by molar-refractivity contribution is -0.129. The highest BCUT2D eigenvalue weighted by molar-refractivity contribution is 7.99. The smallest absolute Gasteiger partial charge is 0.223 e. The Morgan fingerprint density at radius 1 is 1.44 bits per heavy atom. The van der Waals surface area contributed by atoms with E-state index in [9.17, 15) is 9.18 Å². The Hall–Kier alpha value is -1.07. The van der Waals surface area contributed by atoms with Gasteiger partial charge in [0.1, 0.15) is 5.82 Å². The lowest BCUT2D eigenvalue weighted by Gasteiger charge is -2.16. The van der Waals surface area contributed by atoms with Gasteiger partial charge in [0.25, 0.3) is 0 Å². The van der Waals surface area contributed by atoms with E-state index in [0.29, 0.717) is 23.6 Å². The largest absolute Gasteiger partial charge is 0.344 e. The lowest BCUT2D eigenvalue weighted by atomic mass is 10.3. The number of nitrogens with one attached hydrogen (secondary N) is 1. The Morgan fingerprint density at radius 3 is 2.83 bits per heavy atom. The van der Waals surface area contributed by atoms with Gasteiger partial charge in [-0.25, -0.2) is 4.39 Å². The third-order valence-corrected chi connectivity index (χ3v) is 3.58. The summed E-state index contributed by atoms with van der Waals surface area (Å²) in [4.78, 5) is 14.0. The van der Waals surface area contributed by atoms with Crippen molar-refractivity contribution in [3.05, 3.63) is 30.1 Å². The average Bonchev–Trinajstić information content (AvgIpc) is 2.38. The van der Waals surface area contributed by atoms with E-state index in [0.717, 1.165) is 6.54 Å². The van der Waals surface area contributed by atoms with Crippen molar-refractivity contribution in [1.29, 1.82) is 0 Å². The van der Waals surface area contributed by atoms with E-state index in [1.807, 2.05) is 7.05 Å². The third kappa shape index (κ3) is 5.06. The van der Waals surface area contributed by atoms with Crippen molar-refractivity contribution < 1.29 is 9.18 Å². The predicted molar refractivity (Wildman–Crippen MR) is 73.3 cm³/mol. The van der Waals surface area contributed by atoms with Crippen LogP contribution in [0, 0.1) is 5.82 Å². The van der Waals surface area contributed by atoms with Crippen molar-refractivity contribution in [2.75, 3.05) is 32.9 Å². The van der Waals surface area contributed by atoms with Gasteiger partial charge in [-0.3, -0.25) is 4.79 Å². The van der Waals surface area contributed by atoms with Gasteiger partial charge in [-0.15, -0.1) is 11.8 Å². The summed E-state index contributed by atoms with van der Waals surface area (Å²) in [5.74, 6) is 0.469. The van der Waals surface area contributed by atoms with Crippen LogP contribution < -0.4 is 5.32 Å². The Kier molecular flexibility index (Phi) is 6.75. The highest BCUT2D eigenvalue weighted by atomic mass is 32.2. The maximum Gasteiger partial charge on any atom is 0.223 e. The molecule has 0 radical (unpaired) electrons. The molecule has 0 aliphatic heterocycles. The minimum atomic E-state index is -0.224. The second-order valence-electron chi connectivity index (χ2n) is 3.95. The fourth-order valence-electron chi connectivity index (χ4n) is 1.41. The van der Waals surface area contributed by atoms with Crippen molar-refractivity contribution >= 4 is 17.7 Å². The summed E-state index contributed by atoms with van der Waals surface area (Å²) in [6.45, 7) is 1.47. The fraction of sp³-hybridized carbons (Fsp3) is 0.462. The van der Waals surface area contributed by atoms with Gasteiger partial charge in [0.05, 0.1) is 0 Å². The van der Waals surface area contributed by atoms with Gasteiger partial charge in [-0.1, -0.05) is 12.1 Å². The molecule has 0 aliphatic rings. The maximum atomic E-state index is 13.3. The molecule has 0 atom stereocenters. The van der Waals surface area contributed by atoms with Crippen molar-refractivity contribution in [1.82, 2.24) is 10.2 Å². The van der Waals surface area contributed by atoms with Crippen molar-refractivity contribution in [3.8, 4) is 0 Å². The first-order valence-corrected chi connectivity index (χ1v) is 6.89. The van der Waals surface area contributed by atoms with Gasteiger partial charge in [-0.2, -0.15) is 0 Å². The number of nitrogens with zero attached hydrogens (tertiary/aromatic N) is 1. The van der Waals surface area contributed by atoms with Crippen LogP contribution in [0.5, 0.6) is 0 Å².